The topological polar surface area (TPSA) is 79.4 Å². The molecule has 0 atom stereocenters. The zero-order valence-electron chi connectivity index (χ0n) is 17.7. The zero-order chi connectivity index (χ0) is 22.1. The van der Waals surface area contributed by atoms with Crippen molar-refractivity contribution in [2.45, 2.75) is 37.0 Å². The molecule has 0 unspecified atom stereocenters. The van der Waals surface area contributed by atoms with Crippen molar-refractivity contribution in [2.24, 2.45) is 5.92 Å². The summed E-state index contributed by atoms with van der Waals surface area (Å²) in [4.78, 5) is 17.1. The van der Waals surface area contributed by atoms with Crippen molar-refractivity contribution in [3.8, 4) is 21.8 Å². The third-order valence-electron chi connectivity index (χ3n) is 5.93. The molecule has 1 saturated carbocycles. The van der Waals surface area contributed by atoms with Crippen molar-refractivity contribution in [3.05, 3.63) is 53.9 Å². The summed E-state index contributed by atoms with van der Waals surface area (Å²) in [6.07, 6.45) is 4.88. The Balaban J connectivity index is 1.33. The van der Waals surface area contributed by atoms with Gasteiger partial charge in [0.1, 0.15) is 5.01 Å². The minimum atomic E-state index is -3.43. The van der Waals surface area contributed by atoms with E-state index in [-0.39, 0.29) is 11.8 Å². The van der Waals surface area contributed by atoms with Crippen LogP contribution in [0.1, 0.15) is 32.1 Å². The molecule has 0 radical (unpaired) electrons. The van der Waals surface area contributed by atoms with Gasteiger partial charge in [0.2, 0.25) is 15.9 Å². The molecule has 1 saturated heterocycles. The van der Waals surface area contributed by atoms with Crippen molar-refractivity contribution in [3.63, 3.8) is 0 Å². The molecule has 2 heterocycles. The van der Waals surface area contributed by atoms with Gasteiger partial charge in [-0.15, -0.1) is 11.3 Å². The number of benzene rings is 2. The number of rotatable bonds is 6. The number of piperidine rings is 1. The van der Waals surface area contributed by atoms with Crippen molar-refractivity contribution >= 4 is 33.0 Å². The number of nitrogens with one attached hydrogen (secondary N) is 1. The summed E-state index contributed by atoms with van der Waals surface area (Å²) in [6, 6.07) is 14.7. The second kappa shape index (κ2) is 8.77. The molecule has 1 aliphatic heterocycles. The van der Waals surface area contributed by atoms with E-state index in [4.69, 9.17) is 4.98 Å². The first kappa shape index (κ1) is 21.3. The Morgan fingerprint density at radius 1 is 1.00 bits per heavy atom. The van der Waals surface area contributed by atoms with Crippen molar-refractivity contribution in [1.82, 2.24) is 9.29 Å². The molecule has 1 amide bonds. The molecule has 1 N–H and O–H groups in total. The number of thiazole rings is 1. The monoisotopic (exact) mass is 467 g/mol. The molecule has 2 aromatic carbocycles. The molecule has 2 fully saturated rings. The van der Waals surface area contributed by atoms with Crippen molar-refractivity contribution in [1.29, 1.82) is 0 Å². The van der Waals surface area contributed by atoms with Gasteiger partial charge < -0.3 is 5.32 Å². The summed E-state index contributed by atoms with van der Waals surface area (Å²) in [5.41, 5.74) is 3.41. The highest BCUT2D eigenvalue weighted by atomic mass is 32.2. The fourth-order valence-electron chi connectivity index (χ4n) is 3.91. The van der Waals surface area contributed by atoms with Gasteiger partial charge in [-0.1, -0.05) is 30.7 Å². The van der Waals surface area contributed by atoms with Crippen LogP contribution in [0.5, 0.6) is 0 Å². The van der Waals surface area contributed by atoms with E-state index in [2.05, 4.69) is 5.32 Å². The number of anilines is 1. The number of aromatic nitrogens is 1. The number of amides is 1. The van der Waals surface area contributed by atoms with Crippen LogP contribution in [-0.2, 0) is 14.8 Å². The molecule has 3 aromatic rings. The van der Waals surface area contributed by atoms with Gasteiger partial charge in [0.25, 0.3) is 0 Å². The smallest absolute Gasteiger partial charge is 0.243 e. The third kappa shape index (κ3) is 4.48. The fraction of sp³-hybridized carbons (Fsp3) is 0.333. The van der Waals surface area contributed by atoms with E-state index in [9.17, 15) is 13.2 Å². The largest absolute Gasteiger partial charge is 0.326 e. The summed E-state index contributed by atoms with van der Waals surface area (Å²) in [7, 11) is -3.43. The summed E-state index contributed by atoms with van der Waals surface area (Å²) >= 11 is 1.53. The lowest BCUT2D eigenvalue weighted by atomic mass is 10.1. The quantitative estimate of drug-likeness (QED) is 0.553. The SMILES string of the molecule is O=C(Nc1cccc(-c2nc(-c3ccc(S(=O)(=O)N4CCCCC4)cc3)cs2)c1)C1CC1. The molecule has 32 heavy (non-hydrogen) atoms. The summed E-state index contributed by atoms with van der Waals surface area (Å²) < 4.78 is 27.3. The van der Waals surface area contributed by atoms with Crippen LogP contribution in [0.2, 0.25) is 0 Å². The van der Waals surface area contributed by atoms with Crippen LogP contribution in [0, 0.1) is 5.92 Å². The van der Waals surface area contributed by atoms with Gasteiger partial charge in [-0.05, 0) is 49.9 Å². The average molecular weight is 468 g/mol. The second-order valence-corrected chi connectivity index (χ2v) is 11.2. The second-order valence-electron chi connectivity index (χ2n) is 8.37. The zero-order valence-corrected chi connectivity index (χ0v) is 19.3. The van der Waals surface area contributed by atoms with Crippen molar-refractivity contribution in [2.75, 3.05) is 18.4 Å². The molecule has 0 bridgehead atoms. The molecular weight excluding hydrogens is 442 g/mol. The predicted octanol–water partition coefficient (Wildman–Crippen LogP) is 5.00. The van der Waals surface area contributed by atoms with Gasteiger partial charge in [0.05, 0.1) is 10.6 Å². The fourth-order valence-corrected chi connectivity index (χ4v) is 6.25. The first-order valence-electron chi connectivity index (χ1n) is 11.0. The molecule has 1 aliphatic carbocycles. The van der Waals surface area contributed by atoms with E-state index in [1.165, 1.54) is 11.3 Å². The maximum atomic E-state index is 12.9. The lowest BCUT2D eigenvalue weighted by Gasteiger charge is -2.25. The normalized spacial score (nSPS) is 17.2. The minimum absolute atomic E-state index is 0.0848. The van der Waals surface area contributed by atoms with Crippen LogP contribution in [0.3, 0.4) is 0 Å². The maximum Gasteiger partial charge on any atom is 0.243 e. The summed E-state index contributed by atoms with van der Waals surface area (Å²) in [5, 5.41) is 5.80. The molecule has 2 aliphatic rings. The Morgan fingerprint density at radius 3 is 2.47 bits per heavy atom. The lowest BCUT2D eigenvalue weighted by Crippen LogP contribution is -2.35. The molecule has 166 valence electrons. The highest BCUT2D eigenvalue weighted by molar-refractivity contribution is 7.89. The van der Waals surface area contributed by atoms with E-state index >= 15 is 0 Å². The number of carbonyl (C=O) groups excluding carboxylic acids is 1. The van der Waals surface area contributed by atoms with Gasteiger partial charge in [-0.2, -0.15) is 4.31 Å². The molecule has 8 heteroatoms. The van der Waals surface area contributed by atoms with Gasteiger partial charge in [0, 0.05) is 41.2 Å². The van der Waals surface area contributed by atoms with Gasteiger partial charge in [-0.3, -0.25) is 4.79 Å². The van der Waals surface area contributed by atoms with E-state index in [0.29, 0.717) is 18.0 Å². The van der Waals surface area contributed by atoms with Gasteiger partial charge >= 0.3 is 0 Å². The lowest BCUT2D eigenvalue weighted by molar-refractivity contribution is -0.117. The third-order valence-corrected chi connectivity index (χ3v) is 8.74. The van der Waals surface area contributed by atoms with Crippen LogP contribution in [0.15, 0.2) is 58.8 Å². The molecule has 0 spiro atoms. The van der Waals surface area contributed by atoms with Crippen LogP contribution in [0.25, 0.3) is 21.8 Å². The molecule has 6 nitrogen and oxygen atoms in total. The van der Waals surface area contributed by atoms with Gasteiger partial charge in [-0.25, -0.2) is 13.4 Å². The Bertz CT molecular complexity index is 1230. The van der Waals surface area contributed by atoms with Gasteiger partial charge in [0.15, 0.2) is 0 Å². The number of sulfonamides is 1. The number of hydrogen-bond donors (Lipinski definition) is 1. The number of hydrogen-bond acceptors (Lipinski definition) is 5. The van der Waals surface area contributed by atoms with E-state index in [1.807, 2.05) is 41.8 Å². The highest BCUT2D eigenvalue weighted by Gasteiger charge is 2.29. The summed E-state index contributed by atoms with van der Waals surface area (Å²) in [5.74, 6) is 0.244. The van der Waals surface area contributed by atoms with Crippen molar-refractivity contribution < 1.29 is 13.2 Å². The van der Waals surface area contributed by atoms with E-state index in [1.54, 1.807) is 16.4 Å². The van der Waals surface area contributed by atoms with E-state index < -0.39 is 10.0 Å². The Hall–Kier alpha value is -2.55. The van der Waals surface area contributed by atoms with Crippen LogP contribution < -0.4 is 5.32 Å². The molecule has 5 rings (SSSR count). The maximum absolute atomic E-state index is 12.9. The standard InChI is InChI=1S/C24H25N3O3S2/c28-23(18-7-8-18)25-20-6-4-5-19(15-20)24-26-22(16-31-24)17-9-11-21(12-10-17)32(29,30)27-13-2-1-3-14-27/h4-6,9-12,15-16,18H,1-3,7-8,13-14H2,(H,25,28). The van der Waals surface area contributed by atoms with Crippen LogP contribution in [-0.4, -0.2) is 36.7 Å². The Labute approximate surface area is 192 Å². The van der Waals surface area contributed by atoms with Crippen LogP contribution in [0.4, 0.5) is 5.69 Å². The average Bonchev–Trinajstić information content (AvgIpc) is 3.57. The minimum Gasteiger partial charge on any atom is -0.326 e. The summed E-state index contributed by atoms with van der Waals surface area (Å²) in [6.45, 7) is 1.19. The molecule has 1 aromatic heterocycles. The Kier molecular flexibility index (Phi) is 5.84. The first-order valence-corrected chi connectivity index (χ1v) is 13.3. The van der Waals surface area contributed by atoms with Crippen LogP contribution >= 0.6 is 11.3 Å². The molecular formula is C24H25N3O3S2. The number of nitrogens with zero attached hydrogens (tertiary/aromatic N) is 2. The highest BCUT2D eigenvalue weighted by Crippen LogP contribution is 2.33. The number of carbonyl (C=O) groups is 1. The first-order chi connectivity index (χ1) is 15.5. The predicted molar refractivity (Wildman–Crippen MR) is 127 cm³/mol. The Morgan fingerprint density at radius 2 is 1.75 bits per heavy atom. The van der Waals surface area contributed by atoms with E-state index in [0.717, 1.165) is 59.6 Å².